The maximum absolute atomic E-state index is 6.19. The Balaban J connectivity index is 2.17. The number of allylic oxidation sites excluding steroid dienone is 3. The molecular weight excluding hydrogens is 248 g/mol. The van der Waals surface area contributed by atoms with Gasteiger partial charge in [-0.1, -0.05) is 39.0 Å². The van der Waals surface area contributed by atoms with Crippen molar-refractivity contribution in [1.29, 1.82) is 0 Å². The van der Waals surface area contributed by atoms with Crippen molar-refractivity contribution in [3.63, 3.8) is 0 Å². The van der Waals surface area contributed by atoms with E-state index in [1.54, 1.807) is 0 Å². The van der Waals surface area contributed by atoms with E-state index in [0.717, 1.165) is 6.61 Å². The number of unbranched alkanes of at least 4 members (excludes halogenated alkanes) is 2. The molecule has 0 aromatic heterocycles. The fraction of sp³-hybridized carbons (Fsp3) is 0.765. The van der Waals surface area contributed by atoms with Gasteiger partial charge in [0.05, 0.1) is 0 Å². The van der Waals surface area contributed by atoms with Crippen molar-refractivity contribution < 1.29 is 4.43 Å². The van der Waals surface area contributed by atoms with Crippen LogP contribution >= 0.6 is 0 Å². The monoisotopic (exact) mass is 280 g/mol. The third-order valence-electron chi connectivity index (χ3n) is 4.64. The van der Waals surface area contributed by atoms with E-state index in [-0.39, 0.29) is 0 Å². The first-order valence-corrected chi connectivity index (χ1v) is 10.7. The van der Waals surface area contributed by atoms with E-state index in [9.17, 15) is 0 Å². The van der Waals surface area contributed by atoms with Crippen LogP contribution in [-0.4, -0.2) is 14.9 Å². The van der Waals surface area contributed by atoms with Gasteiger partial charge in [-0.25, -0.2) is 0 Å². The Morgan fingerprint density at radius 1 is 1.21 bits per heavy atom. The zero-order valence-electron chi connectivity index (χ0n) is 13.6. The first-order chi connectivity index (χ1) is 8.74. The van der Waals surface area contributed by atoms with Gasteiger partial charge in [-0.3, -0.25) is 0 Å². The number of rotatable bonds is 6. The molecular formula is C17H32OSi. The van der Waals surface area contributed by atoms with E-state index in [2.05, 4.69) is 46.5 Å². The molecule has 0 spiro atoms. The van der Waals surface area contributed by atoms with Crippen molar-refractivity contribution in [2.45, 2.75) is 77.4 Å². The molecule has 1 aliphatic carbocycles. The van der Waals surface area contributed by atoms with E-state index >= 15 is 0 Å². The first-order valence-electron chi connectivity index (χ1n) is 7.75. The molecule has 0 aromatic rings. The minimum atomic E-state index is -1.53. The molecule has 0 amide bonds. The van der Waals surface area contributed by atoms with Crippen molar-refractivity contribution >= 4 is 8.32 Å². The molecule has 0 atom stereocenters. The Hall–Kier alpha value is -0.343. The van der Waals surface area contributed by atoms with E-state index in [0.29, 0.717) is 5.04 Å². The topological polar surface area (TPSA) is 9.23 Å². The summed E-state index contributed by atoms with van der Waals surface area (Å²) in [4.78, 5) is 0. The van der Waals surface area contributed by atoms with Crippen LogP contribution < -0.4 is 0 Å². The second-order valence-electron chi connectivity index (χ2n) is 7.29. The van der Waals surface area contributed by atoms with Crippen LogP contribution in [0.5, 0.6) is 0 Å². The predicted octanol–water partition coefficient (Wildman–Crippen LogP) is 5.85. The smallest absolute Gasteiger partial charge is 0.191 e. The molecule has 19 heavy (non-hydrogen) atoms. The zero-order valence-corrected chi connectivity index (χ0v) is 14.6. The maximum atomic E-state index is 6.19. The predicted molar refractivity (Wildman–Crippen MR) is 88.1 cm³/mol. The van der Waals surface area contributed by atoms with Crippen molar-refractivity contribution in [3.05, 3.63) is 23.8 Å². The summed E-state index contributed by atoms with van der Waals surface area (Å²) in [5.41, 5.74) is 2.89. The van der Waals surface area contributed by atoms with Crippen LogP contribution in [0.2, 0.25) is 18.1 Å². The molecule has 0 radical (unpaired) electrons. The Morgan fingerprint density at radius 3 is 2.42 bits per heavy atom. The SMILES string of the molecule is C=C1CCC/C1=C\CCCCO[Si](C)(C)C(C)(C)C. The lowest BCUT2D eigenvalue weighted by atomic mass is 10.1. The van der Waals surface area contributed by atoms with E-state index in [1.807, 2.05) is 0 Å². The van der Waals surface area contributed by atoms with Crippen LogP contribution in [0.4, 0.5) is 0 Å². The van der Waals surface area contributed by atoms with Gasteiger partial charge in [-0.05, 0) is 62.2 Å². The molecule has 1 saturated carbocycles. The molecule has 0 N–H and O–H groups in total. The summed E-state index contributed by atoms with van der Waals surface area (Å²) in [5.74, 6) is 0. The highest BCUT2D eigenvalue weighted by atomic mass is 28.4. The average Bonchev–Trinajstić information content (AvgIpc) is 2.67. The summed E-state index contributed by atoms with van der Waals surface area (Å²) in [6.07, 6.45) is 9.78. The molecule has 110 valence electrons. The molecule has 0 heterocycles. The largest absolute Gasteiger partial charge is 0.417 e. The molecule has 0 saturated heterocycles. The highest BCUT2D eigenvalue weighted by Crippen LogP contribution is 2.36. The summed E-state index contributed by atoms with van der Waals surface area (Å²) < 4.78 is 6.19. The molecule has 0 unspecified atom stereocenters. The highest BCUT2D eigenvalue weighted by Gasteiger charge is 2.36. The van der Waals surface area contributed by atoms with Gasteiger partial charge < -0.3 is 4.43 Å². The lowest BCUT2D eigenvalue weighted by molar-refractivity contribution is 0.279. The maximum Gasteiger partial charge on any atom is 0.191 e. The summed E-state index contributed by atoms with van der Waals surface area (Å²) in [6.45, 7) is 16.6. The normalized spacial score (nSPS) is 19.4. The van der Waals surface area contributed by atoms with Crippen molar-refractivity contribution in [1.82, 2.24) is 0 Å². The van der Waals surface area contributed by atoms with Gasteiger partial charge in [0.25, 0.3) is 0 Å². The van der Waals surface area contributed by atoms with Crippen LogP contribution in [0, 0.1) is 0 Å². The van der Waals surface area contributed by atoms with Gasteiger partial charge in [0, 0.05) is 6.61 Å². The second kappa shape index (κ2) is 6.89. The lowest BCUT2D eigenvalue weighted by Gasteiger charge is -2.36. The van der Waals surface area contributed by atoms with E-state index in [4.69, 9.17) is 4.43 Å². The fourth-order valence-electron chi connectivity index (χ4n) is 2.14. The van der Waals surface area contributed by atoms with Gasteiger partial charge in [0.15, 0.2) is 8.32 Å². The van der Waals surface area contributed by atoms with Gasteiger partial charge in [-0.2, -0.15) is 0 Å². The summed E-state index contributed by atoms with van der Waals surface area (Å²) >= 11 is 0. The minimum absolute atomic E-state index is 0.330. The molecule has 0 aliphatic heterocycles. The van der Waals surface area contributed by atoms with Crippen LogP contribution in [0.3, 0.4) is 0 Å². The van der Waals surface area contributed by atoms with Crippen LogP contribution in [0.25, 0.3) is 0 Å². The Labute approximate surface area is 121 Å². The van der Waals surface area contributed by atoms with E-state index in [1.165, 1.54) is 49.7 Å². The molecule has 1 fully saturated rings. The lowest BCUT2D eigenvalue weighted by Crippen LogP contribution is -2.40. The molecule has 1 nitrogen and oxygen atoms in total. The molecule has 1 rings (SSSR count). The van der Waals surface area contributed by atoms with Crippen molar-refractivity contribution in [2.24, 2.45) is 0 Å². The first kappa shape index (κ1) is 16.7. The third kappa shape index (κ3) is 5.27. The summed E-state index contributed by atoms with van der Waals surface area (Å²) in [5, 5.41) is 0.330. The minimum Gasteiger partial charge on any atom is -0.417 e. The second-order valence-corrected chi connectivity index (χ2v) is 12.1. The van der Waals surface area contributed by atoms with Crippen LogP contribution in [0.1, 0.15) is 59.3 Å². The van der Waals surface area contributed by atoms with Crippen molar-refractivity contribution in [2.75, 3.05) is 6.61 Å². The highest BCUT2D eigenvalue weighted by molar-refractivity contribution is 6.74. The Bertz CT molecular complexity index is 334. The van der Waals surface area contributed by atoms with Gasteiger partial charge in [-0.15, -0.1) is 0 Å². The van der Waals surface area contributed by atoms with Gasteiger partial charge in [0.2, 0.25) is 0 Å². The van der Waals surface area contributed by atoms with Crippen molar-refractivity contribution in [3.8, 4) is 0 Å². The van der Waals surface area contributed by atoms with Crippen LogP contribution in [0.15, 0.2) is 23.8 Å². The Kier molecular flexibility index (Phi) is 6.06. The van der Waals surface area contributed by atoms with Gasteiger partial charge >= 0.3 is 0 Å². The number of hydrogen-bond donors (Lipinski definition) is 0. The zero-order chi connectivity index (χ0) is 14.5. The van der Waals surface area contributed by atoms with Crippen LogP contribution in [-0.2, 0) is 4.43 Å². The molecule has 0 aromatic carbocycles. The van der Waals surface area contributed by atoms with E-state index < -0.39 is 8.32 Å². The average molecular weight is 281 g/mol. The third-order valence-corrected chi connectivity index (χ3v) is 9.18. The fourth-order valence-corrected chi connectivity index (χ4v) is 3.23. The summed E-state index contributed by atoms with van der Waals surface area (Å²) in [6, 6.07) is 0. The Morgan fingerprint density at radius 2 is 1.89 bits per heavy atom. The molecule has 2 heteroatoms. The van der Waals surface area contributed by atoms with Gasteiger partial charge in [0.1, 0.15) is 0 Å². The molecule has 1 aliphatic rings. The summed E-state index contributed by atoms with van der Waals surface area (Å²) in [7, 11) is -1.53. The quantitative estimate of drug-likeness (QED) is 0.438. The number of hydrogen-bond acceptors (Lipinski definition) is 1. The molecule has 0 bridgehead atoms. The standard InChI is InChI=1S/C17H32OSi/c1-15-11-10-13-16(15)12-8-7-9-14-18-19(5,6)17(2,3)4/h12H,1,7-11,13-14H2,2-6H3/b16-12+.